The van der Waals surface area contributed by atoms with E-state index >= 15 is 0 Å². The van der Waals surface area contributed by atoms with Gasteiger partial charge in [0, 0.05) is 4.88 Å². The first-order valence-corrected chi connectivity index (χ1v) is 7.42. The minimum atomic E-state index is 0.371. The lowest BCUT2D eigenvalue weighted by Gasteiger charge is -2.01. The third kappa shape index (κ3) is 2.23. The Kier molecular flexibility index (Phi) is 3.32. The first-order chi connectivity index (χ1) is 9.69. The lowest BCUT2D eigenvalue weighted by molar-refractivity contribution is 0.439. The fourth-order valence-electron chi connectivity index (χ4n) is 2.17. The highest BCUT2D eigenvalue weighted by Gasteiger charge is 2.18. The molecule has 0 amide bonds. The van der Waals surface area contributed by atoms with E-state index in [9.17, 15) is 0 Å². The molecule has 1 aromatic carbocycles. The molecule has 3 aromatic rings. The predicted molar refractivity (Wildman–Crippen MR) is 83.8 cm³/mol. The first kappa shape index (κ1) is 12.9. The number of nitrogens with two attached hydrogens (primary N) is 1. The minimum Gasteiger partial charge on any atom is -0.367 e. The van der Waals surface area contributed by atoms with Crippen LogP contribution in [0.3, 0.4) is 0 Å². The average molecular weight is 284 g/mol. The molecule has 0 radical (unpaired) electrons. The molecule has 102 valence electrons. The number of aromatic nitrogens is 1. The molecular weight excluding hydrogens is 268 g/mol. The van der Waals surface area contributed by atoms with Gasteiger partial charge in [0.15, 0.2) is 0 Å². The van der Waals surface area contributed by atoms with Gasteiger partial charge in [-0.15, -0.1) is 11.3 Å². The van der Waals surface area contributed by atoms with Crippen LogP contribution in [0, 0.1) is 6.92 Å². The zero-order valence-corrected chi connectivity index (χ0v) is 12.3. The Labute approximate surface area is 122 Å². The third-order valence-electron chi connectivity index (χ3n) is 3.30. The van der Waals surface area contributed by atoms with Crippen LogP contribution in [0.5, 0.6) is 0 Å². The van der Waals surface area contributed by atoms with Crippen LogP contribution in [0.1, 0.15) is 17.4 Å². The molecule has 0 atom stereocenters. The summed E-state index contributed by atoms with van der Waals surface area (Å²) in [7, 11) is 0. The van der Waals surface area contributed by atoms with Gasteiger partial charge in [-0.05, 0) is 31.0 Å². The van der Waals surface area contributed by atoms with E-state index in [0.29, 0.717) is 5.88 Å². The zero-order valence-electron chi connectivity index (χ0n) is 11.5. The highest BCUT2D eigenvalue weighted by Crippen LogP contribution is 2.39. The van der Waals surface area contributed by atoms with Crippen molar-refractivity contribution in [2.75, 3.05) is 5.73 Å². The van der Waals surface area contributed by atoms with Gasteiger partial charge in [-0.1, -0.05) is 41.9 Å². The van der Waals surface area contributed by atoms with Gasteiger partial charge >= 0.3 is 0 Å². The number of rotatable bonds is 3. The summed E-state index contributed by atoms with van der Waals surface area (Å²) in [6, 6.07) is 12.4. The predicted octanol–water partition coefficient (Wildman–Crippen LogP) is 4.52. The summed E-state index contributed by atoms with van der Waals surface area (Å²) in [5.74, 6) is 0.371. The number of anilines is 1. The first-order valence-electron chi connectivity index (χ1n) is 6.60. The van der Waals surface area contributed by atoms with Crippen molar-refractivity contribution < 1.29 is 4.52 Å². The van der Waals surface area contributed by atoms with Gasteiger partial charge in [-0.3, -0.25) is 0 Å². The Morgan fingerprint density at radius 2 is 1.90 bits per heavy atom. The minimum absolute atomic E-state index is 0.371. The van der Waals surface area contributed by atoms with Gasteiger partial charge in [0.1, 0.15) is 5.69 Å². The van der Waals surface area contributed by atoms with Crippen molar-refractivity contribution >= 4 is 17.2 Å². The largest absolute Gasteiger partial charge is 0.367 e. The molecule has 0 bridgehead atoms. The summed E-state index contributed by atoms with van der Waals surface area (Å²) in [6.45, 7) is 4.21. The number of nitrogens with zero attached hydrogens (tertiary/aromatic N) is 1. The topological polar surface area (TPSA) is 52.0 Å². The fraction of sp³-hybridized carbons (Fsp3) is 0.188. The summed E-state index contributed by atoms with van der Waals surface area (Å²) in [5.41, 5.74) is 9.93. The molecule has 3 nitrogen and oxygen atoms in total. The van der Waals surface area contributed by atoms with E-state index in [1.165, 1.54) is 10.4 Å². The normalized spacial score (nSPS) is 10.9. The molecule has 0 saturated heterocycles. The van der Waals surface area contributed by atoms with Crippen molar-refractivity contribution in [1.29, 1.82) is 0 Å². The van der Waals surface area contributed by atoms with Gasteiger partial charge in [0.05, 0.1) is 10.4 Å². The van der Waals surface area contributed by atoms with E-state index in [1.54, 1.807) is 11.3 Å². The van der Waals surface area contributed by atoms with Crippen molar-refractivity contribution in [3.63, 3.8) is 0 Å². The molecule has 2 heterocycles. The zero-order chi connectivity index (χ0) is 14.1. The van der Waals surface area contributed by atoms with Crippen molar-refractivity contribution in [3.05, 3.63) is 46.8 Å². The van der Waals surface area contributed by atoms with Crippen molar-refractivity contribution in [1.82, 2.24) is 5.16 Å². The summed E-state index contributed by atoms with van der Waals surface area (Å²) in [4.78, 5) is 2.43. The Hall–Kier alpha value is -2.07. The average Bonchev–Trinajstić information content (AvgIpc) is 3.06. The monoisotopic (exact) mass is 284 g/mol. The van der Waals surface area contributed by atoms with E-state index in [2.05, 4.69) is 55.4 Å². The van der Waals surface area contributed by atoms with E-state index in [1.807, 2.05) is 0 Å². The second-order valence-electron chi connectivity index (χ2n) is 4.76. The van der Waals surface area contributed by atoms with Gasteiger partial charge in [0.25, 0.3) is 0 Å². The molecule has 0 saturated carbocycles. The number of hydrogen-bond donors (Lipinski definition) is 1. The lowest BCUT2D eigenvalue weighted by Crippen LogP contribution is -1.87. The van der Waals surface area contributed by atoms with E-state index < -0.39 is 0 Å². The lowest BCUT2D eigenvalue weighted by atomic mass is 10.0. The van der Waals surface area contributed by atoms with Crippen LogP contribution < -0.4 is 5.73 Å². The maximum absolute atomic E-state index is 5.96. The number of benzene rings is 1. The standard InChI is InChI=1S/C16H16N2OS/c1-3-12-8-9-13(20-12)15-14(16(17)19-18-15)11-6-4-10(2)5-7-11/h4-9H,3,17H2,1-2H3. The third-order valence-corrected chi connectivity index (χ3v) is 4.54. The Morgan fingerprint density at radius 1 is 1.15 bits per heavy atom. The summed E-state index contributed by atoms with van der Waals surface area (Å²) < 4.78 is 5.21. The molecule has 0 aliphatic carbocycles. The molecule has 20 heavy (non-hydrogen) atoms. The molecule has 0 aliphatic heterocycles. The van der Waals surface area contributed by atoms with Crippen molar-refractivity contribution in [2.24, 2.45) is 0 Å². The highest BCUT2D eigenvalue weighted by atomic mass is 32.1. The van der Waals surface area contributed by atoms with Crippen LogP contribution in [0.4, 0.5) is 5.88 Å². The molecule has 0 unspecified atom stereocenters. The van der Waals surface area contributed by atoms with Crippen LogP contribution >= 0.6 is 11.3 Å². The molecular formula is C16H16N2OS. The molecule has 0 aliphatic rings. The van der Waals surface area contributed by atoms with Gasteiger partial charge in [-0.25, -0.2) is 0 Å². The quantitative estimate of drug-likeness (QED) is 0.769. The van der Waals surface area contributed by atoms with Crippen molar-refractivity contribution in [3.8, 4) is 21.7 Å². The van der Waals surface area contributed by atoms with Gasteiger partial charge in [-0.2, -0.15) is 0 Å². The summed E-state index contributed by atoms with van der Waals surface area (Å²) in [6.07, 6.45) is 1.03. The van der Waals surface area contributed by atoms with E-state index in [4.69, 9.17) is 10.3 Å². The second kappa shape index (κ2) is 5.13. The molecule has 2 N–H and O–H groups in total. The SMILES string of the molecule is CCc1ccc(-c2noc(N)c2-c2ccc(C)cc2)s1. The van der Waals surface area contributed by atoms with E-state index in [0.717, 1.165) is 28.1 Å². The smallest absolute Gasteiger partial charge is 0.230 e. The molecule has 2 aromatic heterocycles. The van der Waals surface area contributed by atoms with Crippen LogP contribution in [0.25, 0.3) is 21.7 Å². The number of aryl methyl sites for hydroxylation is 2. The number of thiophene rings is 1. The maximum Gasteiger partial charge on any atom is 0.230 e. The Bertz CT molecular complexity index is 725. The van der Waals surface area contributed by atoms with Gasteiger partial charge in [0.2, 0.25) is 5.88 Å². The number of nitrogen functional groups attached to an aromatic ring is 1. The fourth-order valence-corrected chi connectivity index (χ4v) is 3.10. The van der Waals surface area contributed by atoms with Gasteiger partial charge < -0.3 is 10.3 Å². The summed E-state index contributed by atoms with van der Waals surface area (Å²) >= 11 is 1.73. The number of hydrogen-bond acceptors (Lipinski definition) is 4. The van der Waals surface area contributed by atoms with Crippen LogP contribution in [0.15, 0.2) is 40.9 Å². The molecule has 0 spiro atoms. The maximum atomic E-state index is 5.96. The van der Waals surface area contributed by atoms with Crippen LogP contribution in [0.2, 0.25) is 0 Å². The van der Waals surface area contributed by atoms with Crippen LogP contribution in [-0.4, -0.2) is 5.16 Å². The molecule has 3 rings (SSSR count). The van der Waals surface area contributed by atoms with Crippen molar-refractivity contribution in [2.45, 2.75) is 20.3 Å². The summed E-state index contributed by atoms with van der Waals surface area (Å²) in [5, 5.41) is 4.14. The Morgan fingerprint density at radius 3 is 2.55 bits per heavy atom. The van der Waals surface area contributed by atoms with E-state index in [-0.39, 0.29) is 0 Å². The van der Waals surface area contributed by atoms with Crippen LogP contribution in [-0.2, 0) is 6.42 Å². The molecule has 0 fully saturated rings. The molecule has 4 heteroatoms. The Balaban J connectivity index is 2.11. The second-order valence-corrected chi connectivity index (χ2v) is 5.92. The highest BCUT2D eigenvalue weighted by molar-refractivity contribution is 7.15.